The summed E-state index contributed by atoms with van der Waals surface area (Å²) in [7, 11) is 2.13. The summed E-state index contributed by atoms with van der Waals surface area (Å²) in [6, 6.07) is 14.4. The Bertz CT molecular complexity index is 1630. The topological polar surface area (TPSA) is 64.8 Å². The standard InChI is InChI=1S/C33H32N4O/c1-37(22-24-7-5-17-34-20-24)21-23-11-16-30-29(19-23)31(32(36-30)28-10-6-18-35-33(28)38)27-14-12-26(13-15-27)25-8-3-2-4-9-25/h3,5-12,14-20,26,36H,2,4,13,21-22H2,1H3,(H,35,38). The Hall–Kier alpha value is -4.22. The Labute approximate surface area is 223 Å². The molecule has 3 aromatic heterocycles. The van der Waals surface area contributed by atoms with Gasteiger partial charge in [-0.2, -0.15) is 0 Å². The van der Waals surface area contributed by atoms with Crippen LogP contribution in [0.15, 0.2) is 108 Å². The van der Waals surface area contributed by atoms with Gasteiger partial charge in [0, 0.05) is 54.1 Å². The van der Waals surface area contributed by atoms with Gasteiger partial charge in [0.2, 0.25) is 0 Å². The fourth-order valence-electron chi connectivity index (χ4n) is 5.59. The number of aromatic amines is 2. The molecule has 38 heavy (non-hydrogen) atoms. The number of aromatic nitrogens is 3. The molecule has 5 heteroatoms. The Morgan fingerprint density at radius 3 is 2.71 bits per heavy atom. The molecular weight excluding hydrogens is 468 g/mol. The molecule has 5 nitrogen and oxygen atoms in total. The molecule has 2 aliphatic carbocycles. The third-order valence-electron chi connectivity index (χ3n) is 7.42. The van der Waals surface area contributed by atoms with Crippen LogP contribution in [0, 0.1) is 5.92 Å². The predicted octanol–water partition coefficient (Wildman–Crippen LogP) is 6.79. The van der Waals surface area contributed by atoms with E-state index in [1.165, 1.54) is 16.7 Å². The van der Waals surface area contributed by atoms with E-state index >= 15 is 0 Å². The van der Waals surface area contributed by atoms with E-state index in [9.17, 15) is 4.79 Å². The molecule has 190 valence electrons. The van der Waals surface area contributed by atoms with Crippen molar-refractivity contribution >= 4 is 16.5 Å². The van der Waals surface area contributed by atoms with Crippen molar-refractivity contribution in [3.05, 3.63) is 130 Å². The fourth-order valence-corrected chi connectivity index (χ4v) is 5.59. The van der Waals surface area contributed by atoms with E-state index in [2.05, 4.69) is 87.6 Å². The maximum Gasteiger partial charge on any atom is 0.257 e. The second-order valence-electron chi connectivity index (χ2n) is 10.2. The number of hydrogen-bond acceptors (Lipinski definition) is 3. The van der Waals surface area contributed by atoms with E-state index in [1.54, 1.807) is 12.4 Å². The van der Waals surface area contributed by atoms with Gasteiger partial charge >= 0.3 is 0 Å². The number of H-pyrrole nitrogens is 2. The van der Waals surface area contributed by atoms with Crippen LogP contribution in [0.2, 0.25) is 0 Å². The Kier molecular flexibility index (Phi) is 6.76. The lowest BCUT2D eigenvalue weighted by atomic mass is 9.85. The molecule has 1 atom stereocenters. The smallest absolute Gasteiger partial charge is 0.257 e. The minimum absolute atomic E-state index is 0.0903. The number of rotatable bonds is 7. The summed E-state index contributed by atoms with van der Waals surface area (Å²) >= 11 is 0. The molecule has 4 aromatic rings. The summed E-state index contributed by atoms with van der Waals surface area (Å²) in [4.78, 5) is 25.8. The van der Waals surface area contributed by atoms with Gasteiger partial charge in [0.15, 0.2) is 0 Å². The van der Waals surface area contributed by atoms with E-state index in [0.29, 0.717) is 11.5 Å². The molecule has 0 spiro atoms. The molecule has 0 aliphatic heterocycles. The van der Waals surface area contributed by atoms with Gasteiger partial charge in [-0.3, -0.25) is 14.7 Å². The van der Waals surface area contributed by atoms with Gasteiger partial charge in [0.05, 0.1) is 11.3 Å². The summed E-state index contributed by atoms with van der Waals surface area (Å²) in [5.41, 5.74) is 8.55. The molecule has 0 amide bonds. The van der Waals surface area contributed by atoms with Crippen molar-refractivity contribution in [2.24, 2.45) is 5.92 Å². The molecule has 1 unspecified atom stereocenters. The first-order valence-corrected chi connectivity index (χ1v) is 13.3. The Morgan fingerprint density at radius 1 is 1.03 bits per heavy atom. The first-order chi connectivity index (χ1) is 18.7. The zero-order chi connectivity index (χ0) is 25.9. The molecule has 0 bridgehead atoms. The van der Waals surface area contributed by atoms with Gasteiger partial charge in [-0.05, 0) is 78.9 Å². The second-order valence-corrected chi connectivity index (χ2v) is 10.2. The van der Waals surface area contributed by atoms with Gasteiger partial charge in [-0.15, -0.1) is 0 Å². The quantitative estimate of drug-likeness (QED) is 0.294. The summed E-state index contributed by atoms with van der Waals surface area (Å²) in [5, 5.41) is 1.14. The normalized spacial score (nSPS) is 17.2. The maximum atomic E-state index is 12.8. The van der Waals surface area contributed by atoms with Gasteiger partial charge in [-0.25, -0.2) is 0 Å². The number of nitrogens with zero attached hydrogens (tertiary/aromatic N) is 2. The van der Waals surface area contributed by atoms with Crippen LogP contribution in [0.25, 0.3) is 27.7 Å². The minimum Gasteiger partial charge on any atom is -0.354 e. The third kappa shape index (κ3) is 4.98. The SMILES string of the molecule is CN(Cc1cccnc1)Cc1ccc2[nH]c(-c3ccc[nH]c3=O)c(C3=CCC(C4=CCCC=C4)C=C3)c2c1. The van der Waals surface area contributed by atoms with Crippen molar-refractivity contribution in [2.75, 3.05) is 7.05 Å². The van der Waals surface area contributed by atoms with Crippen molar-refractivity contribution in [1.29, 1.82) is 0 Å². The van der Waals surface area contributed by atoms with Crippen LogP contribution in [0.3, 0.4) is 0 Å². The highest BCUT2D eigenvalue weighted by Gasteiger charge is 2.21. The molecule has 0 radical (unpaired) electrons. The van der Waals surface area contributed by atoms with E-state index < -0.39 is 0 Å². The van der Waals surface area contributed by atoms with Crippen molar-refractivity contribution in [1.82, 2.24) is 19.9 Å². The van der Waals surface area contributed by atoms with Gasteiger partial charge in [-0.1, -0.05) is 48.6 Å². The number of pyridine rings is 2. The monoisotopic (exact) mass is 500 g/mol. The fraction of sp³-hybridized carbons (Fsp3) is 0.212. The summed E-state index contributed by atoms with van der Waals surface area (Å²) < 4.78 is 0. The average Bonchev–Trinajstić information content (AvgIpc) is 3.33. The molecule has 0 saturated carbocycles. The minimum atomic E-state index is -0.0903. The van der Waals surface area contributed by atoms with Crippen molar-refractivity contribution in [3.8, 4) is 11.3 Å². The number of nitrogens with one attached hydrogen (secondary N) is 2. The molecule has 2 aliphatic rings. The molecule has 0 fully saturated rings. The van der Waals surface area contributed by atoms with Crippen molar-refractivity contribution in [3.63, 3.8) is 0 Å². The van der Waals surface area contributed by atoms with Crippen LogP contribution in [-0.2, 0) is 13.1 Å². The van der Waals surface area contributed by atoms with E-state index in [1.807, 2.05) is 24.4 Å². The van der Waals surface area contributed by atoms with Crippen molar-refractivity contribution in [2.45, 2.75) is 32.4 Å². The van der Waals surface area contributed by atoms with Gasteiger partial charge in [0.1, 0.15) is 0 Å². The number of allylic oxidation sites excluding steroid dienone is 8. The van der Waals surface area contributed by atoms with Crippen molar-refractivity contribution < 1.29 is 0 Å². The third-order valence-corrected chi connectivity index (χ3v) is 7.42. The predicted molar refractivity (Wildman–Crippen MR) is 155 cm³/mol. The van der Waals surface area contributed by atoms with E-state index in [4.69, 9.17) is 0 Å². The largest absolute Gasteiger partial charge is 0.354 e. The lowest BCUT2D eigenvalue weighted by molar-refractivity contribution is 0.319. The Balaban J connectivity index is 1.37. The zero-order valence-corrected chi connectivity index (χ0v) is 21.7. The van der Waals surface area contributed by atoms with Gasteiger partial charge < -0.3 is 9.97 Å². The summed E-state index contributed by atoms with van der Waals surface area (Å²) in [5.74, 6) is 0.403. The highest BCUT2D eigenvalue weighted by molar-refractivity contribution is 6.02. The number of hydrogen-bond donors (Lipinski definition) is 2. The molecule has 0 saturated heterocycles. The second kappa shape index (κ2) is 10.6. The number of fused-ring (bicyclic) bond motifs is 1. The van der Waals surface area contributed by atoms with Crippen LogP contribution in [0.5, 0.6) is 0 Å². The van der Waals surface area contributed by atoms with Crippen LogP contribution in [0.1, 0.15) is 36.0 Å². The van der Waals surface area contributed by atoms with Crippen LogP contribution < -0.4 is 5.56 Å². The first-order valence-electron chi connectivity index (χ1n) is 13.3. The number of benzene rings is 1. The first kappa shape index (κ1) is 24.1. The molecule has 3 heterocycles. The molecule has 2 N–H and O–H groups in total. The molecule has 6 rings (SSSR count). The average molecular weight is 501 g/mol. The van der Waals surface area contributed by atoms with Crippen LogP contribution >= 0.6 is 0 Å². The molecular formula is C33H32N4O. The van der Waals surface area contributed by atoms with E-state index in [0.717, 1.165) is 60.1 Å². The summed E-state index contributed by atoms with van der Waals surface area (Å²) in [6.45, 7) is 1.64. The maximum absolute atomic E-state index is 12.8. The Morgan fingerprint density at radius 2 is 1.95 bits per heavy atom. The van der Waals surface area contributed by atoms with Crippen LogP contribution in [0.4, 0.5) is 0 Å². The lowest BCUT2D eigenvalue weighted by Gasteiger charge is -2.20. The lowest BCUT2D eigenvalue weighted by Crippen LogP contribution is -2.17. The zero-order valence-electron chi connectivity index (χ0n) is 21.7. The summed E-state index contributed by atoms with van der Waals surface area (Å²) in [6.07, 6.45) is 22.4. The van der Waals surface area contributed by atoms with E-state index in [-0.39, 0.29) is 5.56 Å². The highest BCUT2D eigenvalue weighted by Crippen LogP contribution is 2.39. The highest BCUT2D eigenvalue weighted by atomic mass is 16.1. The van der Waals surface area contributed by atoms with Crippen LogP contribution in [-0.4, -0.2) is 26.9 Å². The molecule has 1 aromatic carbocycles. The van der Waals surface area contributed by atoms with Gasteiger partial charge in [0.25, 0.3) is 5.56 Å².